The van der Waals surface area contributed by atoms with E-state index in [0.717, 1.165) is 19.6 Å². The maximum atomic E-state index is 4.16. The molecule has 0 aliphatic carbocycles. The predicted molar refractivity (Wildman–Crippen MR) is 84.3 cm³/mol. The maximum absolute atomic E-state index is 4.16. The number of hydrogen-bond donors (Lipinski definition) is 2. The SMILES string of the molecule is Cc1cn[nH]c1[C@H]1CCN(Cc2c[nH]c3ccccc23)C1. The summed E-state index contributed by atoms with van der Waals surface area (Å²) >= 11 is 0. The highest BCUT2D eigenvalue weighted by Crippen LogP contribution is 2.29. The second kappa shape index (κ2) is 5.04. The van der Waals surface area contributed by atoms with Crippen LogP contribution in [0.2, 0.25) is 0 Å². The number of hydrogen-bond acceptors (Lipinski definition) is 2. The number of nitrogens with one attached hydrogen (secondary N) is 2. The molecule has 0 amide bonds. The molecule has 3 heterocycles. The number of fused-ring (bicyclic) bond motifs is 1. The third kappa shape index (κ3) is 2.25. The Labute approximate surface area is 124 Å². The van der Waals surface area contributed by atoms with Crippen molar-refractivity contribution in [2.45, 2.75) is 25.8 Å². The molecule has 1 fully saturated rings. The van der Waals surface area contributed by atoms with Crippen molar-refractivity contribution < 1.29 is 0 Å². The van der Waals surface area contributed by atoms with Crippen molar-refractivity contribution in [3.8, 4) is 0 Å². The van der Waals surface area contributed by atoms with Crippen LogP contribution >= 0.6 is 0 Å². The van der Waals surface area contributed by atoms with Gasteiger partial charge in [-0.3, -0.25) is 10.00 Å². The Morgan fingerprint density at radius 1 is 1.33 bits per heavy atom. The number of H-pyrrole nitrogens is 2. The van der Waals surface area contributed by atoms with Gasteiger partial charge in [0.25, 0.3) is 0 Å². The van der Waals surface area contributed by atoms with Crippen molar-refractivity contribution in [2.24, 2.45) is 0 Å². The van der Waals surface area contributed by atoms with Crippen LogP contribution in [0.25, 0.3) is 10.9 Å². The van der Waals surface area contributed by atoms with Crippen molar-refractivity contribution in [2.75, 3.05) is 13.1 Å². The molecule has 2 N–H and O–H groups in total. The van der Waals surface area contributed by atoms with Crippen LogP contribution in [-0.4, -0.2) is 33.2 Å². The summed E-state index contributed by atoms with van der Waals surface area (Å²) < 4.78 is 0. The van der Waals surface area contributed by atoms with Gasteiger partial charge < -0.3 is 4.98 Å². The van der Waals surface area contributed by atoms with Crippen LogP contribution in [0.5, 0.6) is 0 Å². The highest BCUT2D eigenvalue weighted by atomic mass is 15.2. The molecule has 1 atom stereocenters. The lowest BCUT2D eigenvalue weighted by molar-refractivity contribution is 0.327. The Bertz CT molecular complexity index is 755. The number of likely N-dealkylation sites (tertiary alicyclic amines) is 1. The van der Waals surface area contributed by atoms with Crippen molar-refractivity contribution in [1.29, 1.82) is 0 Å². The fourth-order valence-electron chi connectivity index (χ4n) is 3.48. The first kappa shape index (κ1) is 12.7. The van der Waals surface area contributed by atoms with Crippen molar-refractivity contribution >= 4 is 10.9 Å². The first-order valence-corrected chi connectivity index (χ1v) is 7.58. The monoisotopic (exact) mass is 280 g/mol. The second-order valence-electron chi connectivity index (χ2n) is 6.05. The zero-order chi connectivity index (χ0) is 14.2. The number of aromatic amines is 2. The van der Waals surface area contributed by atoms with Crippen LogP contribution in [0.3, 0.4) is 0 Å². The molecule has 2 aromatic heterocycles. The van der Waals surface area contributed by atoms with Crippen LogP contribution in [0.4, 0.5) is 0 Å². The smallest absolute Gasteiger partial charge is 0.0519 e. The first-order chi connectivity index (χ1) is 10.3. The van der Waals surface area contributed by atoms with Gasteiger partial charge in [-0.25, -0.2) is 0 Å². The molecule has 0 radical (unpaired) electrons. The van der Waals surface area contributed by atoms with Gasteiger partial charge in [-0.1, -0.05) is 18.2 Å². The van der Waals surface area contributed by atoms with Gasteiger partial charge in [0.05, 0.1) is 6.20 Å². The van der Waals surface area contributed by atoms with E-state index in [1.165, 1.54) is 34.1 Å². The van der Waals surface area contributed by atoms with Gasteiger partial charge in [0, 0.05) is 41.8 Å². The summed E-state index contributed by atoms with van der Waals surface area (Å²) in [6, 6.07) is 8.53. The zero-order valence-corrected chi connectivity index (χ0v) is 12.3. The Morgan fingerprint density at radius 3 is 3.10 bits per heavy atom. The molecule has 0 spiro atoms. The number of rotatable bonds is 3. The molecule has 0 unspecified atom stereocenters. The summed E-state index contributed by atoms with van der Waals surface area (Å²) in [5, 5.41) is 8.68. The summed E-state index contributed by atoms with van der Waals surface area (Å²) in [4.78, 5) is 5.91. The number of para-hydroxylation sites is 1. The largest absolute Gasteiger partial charge is 0.361 e. The van der Waals surface area contributed by atoms with Gasteiger partial charge >= 0.3 is 0 Å². The van der Waals surface area contributed by atoms with Gasteiger partial charge in [-0.15, -0.1) is 0 Å². The molecule has 21 heavy (non-hydrogen) atoms. The summed E-state index contributed by atoms with van der Waals surface area (Å²) in [6.45, 7) is 5.43. The average Bonchev–Trinajstić information content (AvgIpc) is 3.20. The molecule has 0 saturated carbocycles. The van der Waals surface area contributed by atoms with E-state index < -0.39 is 0 Å². The van der Waals surface area contributed by atoms with E-state index in [1.807, 2.05) is 6.20 Å². The standard InChI is InChI=1S/C17H20N4/c1-12-8-19-20-17(12)13-6-7-21(10-13)11-14-9-18-16-5-3-2-4-15(14)16/h2-5,8-9,13,18H,6-7,10-11H2,1H3,(H,19,20)/t13-/m0/s1. The lowest BCUT2D eigenvalue weighted by Crippen LogP contribution is -2.19. The van der Waals surface area contributed by atoms with Crippen LogP contribution < -0.4 is 0 Å². The third-order valence-corrected chi connectivity index (χ3v) is 4.62. The second-order valence-corrected chi connectivity index (χ2v) is 6.05. The van der Waals surface area contributed by atoms with E-state index >= 15 is 0 Å². The minimum absolute atomic E-state index is 0.595. The highest BCUT2D eigenvalue weighted by molar-refractivity contribution is 5.82. The van der Waals surface area contributed by atoms with E-state index in [-0.39, 0.29) is 0 Å². The van der Waals surface area contributed by atoms with E-state index in [0.29, 0.717) is 5.92 Å². The topological polar surface area (TPSA) is 47.7 Å². The molecule has 1 aliphatic rings. The van der Waals surface area contributed by atoms with E-state index in [9.17, 15) is 0 Å². The molecule has 1 aromatic carbocycles. The zero-order valence-electron chi connectivity index (χ0n) is 12.3. The molecule has 0 bridgehead atoms. The Balaban J connectivity index is 1.50. The fourth-order valence-corrected chi connectivity index (χ4v) is 3.48. The van der Waals surface area contributed by atoms with Gasteiger partial charge in [-0.05, 0) is 37.1 Å². The molecule has 4 nitrogen and oxygen atoms in total. The number of aromatic nitrogens is 3. The third-order valence-electron chi connectivity index (χ3n) is 4.62. The van der Waals surface area contributed by atoms with E-state index in [4.69, 9.17) is 0 Å². The summed E-state index contributed by atoms with van der Waals surface area (Å²) in [7, 11) is 0. The first-order valence-electron chi connectivity index (χ1n) is 7.58. The average molecular weight is 280 g/mol. The van der Waals surface area contributed by atoms with Crippen molar-refractivity contribution in [3.05, 3.63) is 53.5 Å². The summed E-state index contributed by atoms with van der Waals surface area (Å²) in [6.07, 6.45) is 5.29. The van der Waals surface area contributed by atoms with Crippen LogP contribution in [0, 0.1) is 6.92 Å². The minimum atomic E-state index is 0.595. The van der Waals surface area contributed by atoms with Crippen LogP contribution in [0.15, 0.2) is 36.7 Å². The van der Waals surface area contributed by atoms with Gasteiger partial charge in [-0.2, -0.15) is 5.10 Å². The van der Waals surface area contributed by atoms with Gasteiger partial charge in [0.1, 0.15) is 0 Å². The lowest BCUT2D eigenvalue weighted by atomic mass is 10.0. The normalized spacial score (nSPS) is 19.6. The molecule has 4 rings (SSSR count). The summed E-state index contributed by atoms with van der Waals surface area (Å²) in [5.41, 5.74) is 5.23. The Kier molecular flexibility index (Phi) is 3.04. The quantitative estimate of drug-likeness (QED) is 0.774. The van der Waals surface area contributed by atoms with Gasteiger partial charge in [0.15, 0.2) is 0 Å². The Morgan fingerprint density at radius 2 is 2.24 bits per heavy atom. The molecule has 108 valence electrons. The van der Waals surface area contributed by atoms with Crippen LogP contribution in [0.1, 0.15) is 29.2 Å². The molecular weight excluding hydrogens is 260 g/mol. The number of nitrogens with zero attached hydrogens (tertiary/aromatic N) is 2. The summed E-state index contributed by atoms with van der Waals surface area (Å²) in [5.74, 6) is 0.595. The Hall–Kier alpha value is -2.07. The van der Waals surface area contributed by atoms with Crippen LogP contribution in [-0.2, 0) is 6.54 Å². The lowest BCUT2D eigenvalue weighted by Gasteiger charge is -2.15. The number of benzene rings is 1. The fraction of sp³-hybridized carbons (Fsp3) is 0.353. The van der Waals surface area contributed by atoms with Crippen molar-refractivity contribution in [3.63, 3.8) is 0 Å². The van der Waals surface area contributed by atoms with E-state index in [2.05, 4.69) is 57.5 Å². The molecule has 1 aliphatic heterocycles. The van der Waals surface area contributed by atoms with E-state index in [1.54, 1.807) is 0 Å². The van der Waals surface area contributed by atoms with Gasteiger partial charge in [0.2, 0.25) is 0 Å². The highest BCUT2D eigenvalue weighted by Gasteiger charge is 2.26. The maximum Gasteiger partial charge on any atom is 0.0519 e. The van der Waals surface area contributed by atoms with Crippen molar-refractivity contribution in [1.82, 2.24) is 20.1 Å². The molecule has 1 saturated heterocycles. The minimum Gasteiger partial charge on any atom is -0.361 e. The molecule has 4 heteroatoms. The molecule has 3 aromatic rings. The molecular formula is C17H20N4. The number of aryl methyl sites for hydroxylation is 1. The predicted octanol–water partition coefficient (Wildman–Crippen LogP) is 3.19.